The van der Waals surface area contributed by atoms with E-state index in [0.717, 1.165) is 25.7 Å². The standard InChI is InChI=1S/C24H22N4O4/c1-31-19-10-4-5-11-20(19)32-23-18(24(30)28-13-7-6-12-21(28)27-23)14-16(15-25)22(29)26-17-8-2-3-9-17/h4-7,10-14,17H,2-3,8-9H2,1H3,(H,26,29). The Bertz CT molecular complexity index is 1280. The van der Waals surface area contributed by atoms with Gasteiger partial charge < -0.3 is 14.8 Å². The van der Waals surface area contributed by atoms with Crippen LogP contribution < -0.4 is 20.3 Å². The second-order valence-corrected chi connectivity index (χ2v) is 7.44. The zero-order valence-corrected chi connectivity index (χ0v) is 17.6. The molecule has 0 radical (unpaired) electrons. The molecule has 0 saturated heterocycles. The van der Waals surface area contributed by atoms with Gasteiger partial charge in [-0.25, -0.2) is 0 Å². The van der Waals surface area contributed by atoms with E-state index in [-0.39, 0.29) is 23.1 Å². The number of rotatable bonds is 6. The fraction of sp³-hybridized carbons (Fsp3) is 0.250. The fourth-order valence-corrected chi connectivity index (χ4v) is 3.72. The summed E-state index contributed by atoms with van der Waals surface area (Å²) in [5.74, 6) is 0.273. The van der Waals surface area contributed by atoms with Crippen LogP contribution in [-0.2, 0) is 4.79 Å². The van der Waals surface area contributed by atoms with Gasteiger partial charge in [0.15, 0.2) is 11.5 Å². The molecule has 1 fully saturated rings. The maximum Gasteiger partial charge on any atom is 0.269 e. The van der Waals surface area contributed by atoms with Gasteiger partial charge in [0.1, 0.15) is 22.9 Å². The molecule has 1 aliphatic rings. The van der Waals surface area contributed by atoms with E-state index in [2.05, 4.69) is 10.3 Å². The molecule has 2 aromatic heterocycles. The third-order valence-corrected chi connectivity index (χ3v) is 5.35. The molecule has 8 heteroatoms. The SMILES string of the molecule is COc1ccccc1Oc1nc2ccccn2c(=O)c1C=C(C#N)C(=O)NC1CCCC1. The summed E-state index contributed by atoms with van der Waals surface area (Å²) in [4.78, 5) is 30.4. The number of hydrogen-bond acceptors (Lipinski definition) is 6. The molecule has 3 aromatic rings. The number of nitrogens with zero attached hydrogens (tertiary/aromatic N) is 3. The summed E-state index contributed by atoms with van der Waals surface area (Å²) >= 11 is 0. The molecule has 0 aliphatic heterocycles. The quantitative estimate of drug-likeness (QED) is 0.474. The second kappa shape index (κ2) is 9.35. The van der Waals surface area contributed by atoms with Crippen molar-refractivity contribution in [1.29, 1.82) is 5.26 Å². The van der Waals surface area contributed by atoms with Gasteiger partial charge in [-0.1, -0.05) is 31.0 Å². The number of pyridine rings is 1. The molecule has 1 aromatic carbocycles. The number of ether oxygens (including phenoxy) is 2. The normalized spacial score (nSPS) is 14.2. The highest BCUT2D eigenvalue weighted by Gasteiger charge is 2.21. The lowest BCUT2D eigenvalue weighted by Crippen LogP contribution is -2.33. The van der Waals surface area contributed by atoms with Crippen LogP contribution in [0.15, 0.2) is 59.0 Å². The summed E-state index contributed by atoms with van der Waals surface area (Å²) in [7, 11) is 1.51. The number of hydrogen-bond donors (Lipinski definition) is 1. The first-order valence-corrected chi connectivity index (χ1v) is 10.4. The predicted octanol–water partition coefficient (Wildman–Crippen LogP) is 3.46. The van der Waals surface area contributed by atoms with Crippen molar-refractivity contribution in [1.82, 2.24) is 14.7 Å². The number of carbonyl (C=O) groups is 1. The Morgan fingerprint density at radius 1 is 1.19 bits per heavy atom. The van der Waals surface area contributed by atoms with Crippen LogP contribution in [0.5, 0.6) is 17.4 Å². The van der Waals surface area contributed by atoms with E-state index in [1.54, 1.807) is 48.7 Å². The first-order chi connectivity index (χ1) is 15.6. The van der Waals surface area contributed by atoms with E-state index in [4.69, 9.17) is 9.47 Å². The highest BCUT2D eigenvalue weighted by atomic mass is 16.5. The zero-order chi connectivity index (χ0) is 22.5. The minimum Gasteiger partial charge on any atom is -0.493 e. The minimum atomic E-state index is -0.514. The van der Waals surface area contributed by atoms with Crippen molar-refractivity contribution in [3.05, 3.63) is 70.2 Å². The zero-order valence-electron chi connectivity index (χ0n) is 17.6. The van der Waals surface area contributed by atoms with Crippen molar-refractivity contribution >= 4 is 17.6 Å². The van der Waals surface area contributed by atoms with E-state index in [9.17, 15) is 14.9 Å². The Morgan fingerprint density at radius 2 is 1.91 bits per heavy atom. The van der Waals surface area contributed by atoms with E-state index < -0.39 is 11.5 Å². The maximum absolute atomic E-state index is 13.2. The molecule has 0 bridgehead atoms. The van der Waals surface area contributed by atoms with Crippen LogP contribution in [0.2, 0.25) is 0 Å². The molecule has 1 N–H and O–H groups in total. The summed E-state index contributed by atoms with van der Waals surface area (Å²) in [5.41, 5.74) is -0.273. The van der Waals surface area contributed by atoms with Crippen molar-refractivity contribution in [2.75, 3.05) is 7.11 Å². The molecular weight excluding hydrogens is 408 g/mol. The molecule has 1 saturated carbocycles. The molecule has 32 heavy (non-hydrogen) atoms. The molecule has 1 amide bonds. The van der Waals surface area contributed by atoms with E-state index in [1.807, 2.05) is 6.07 Å². The third kappa shape index (κ3) is 4.32. The first kappa shape index (κ1) is 21.1. The van der Waals surface area contributed by atoms with E-state index in [1.165, 1.54) is 17.6 Å². The Kier molecular flexibility index (Phi) is 6.17. The van der Waals surface area contributed by atoms with Crippen molar-refractivity contribution in [2.24, 2.45) is 0 Å². The van der Waals surface area contributed by atoms with Crippen molar-refractivity contribution in [3.8, 4) is 23.4 Å². The smallest absolute Gasteiger partial charge is 0.269 e. The molecule has 1 aliphatic carbocycles. The number of para-hydroxylation sites is 2. The highest BCUT2D eigenvalue weighted by Crippen LogP contribution is 2.31. The van der Waals surface area contributed by atoms with E-state index in [0.29, 0.717) is 17.1 Å². The monoisotopic (exact) mass is 430 g/mol. The van der Waals surface area contributed by atoms with Gasteiger partial charge >= 0.3 is 0 Å². The van der Waals surface area contributed by atoms with Crippen LogP contribution in [0.1, 0.15) is 31.2 Å². The molecule has 0 unspecified atom stereocenters. The van der Waals surface area contributed by atoms with Crippen LogP contribution in [-0.4, -0.2) is 28.4 Å². The number of methoxy groups -OCH3 is 1. The van der Waals surface area contributed by atoms with Crippen molar-refractivity contribution in [2.45, 2.75) is 31.7 Å². The largest absolute Gasteiger partial charge is 0.493 e. The Morgan fingerprint density at radius 3 is 2.62 bits per heavy atom. The number of nitrogens with one attached hydrogen (secondary N) is 1. The van der Waals surface area contributed by atoms with Gasteiger partial charge in [0.2, 0.25) is 5.88 Å². The lowest BCUT2D eigenvalue weighted by molar-refractivity contribution is -0.117. The molecule has 2 heterocycles. The van der Waals surface area contributed by atoms with Gasteiger partial charge in [0, 0.05) is 12.2 Å². The number of fused-ring (bicyclic) bond motifs is 1. The Labute approximate surface area is 184 Å². The number of aromatic nitrogens is 2. The number of nitriles is 1. The lowest BCUT2D eigenvalue weighted by Gasteiger charge is -2.13. The summed E-state index contributed by atoms with van der Waals surface area (Å²) in [6.45, 7) is 0. The number of carbonyl (C=O) groups excluding carboxylic acids is 1. The van der Waals surface area contributed by atoms with Crippen molar-refractivity contribution < 1.29 is 14.3 Å². The number of benzene rings is 1. The van der Waals surface area contributed by atoms with Crippen LogP contribution >= 0.6 is 0 Å². The fourth-order valence-electron chi connectivity index (χ4n) is 3.72. The topological polar surface area (TPSA) is 106 Å². The van der Waals surface area contributed by atoms with Crippen LogP contribution in [0.3, 0.4) is 0 Å². The van der Waals surface area contributed by atoms with Gasteiger partial charge in [0.05, 0.1) is 7.11 Å². The molecule has 0 atom stereocenters. The van der Waals surface area contributed by atoms with Gasteiger partial charge in [-0.2, -0.15) is 10.2 Å². The van der Waals surface area contributed by atoms with Crippen molar-refractivity contribution in [3.63, 3.8) is 0 Å². The molecule has 4 rings (SSSR count). The van der Waals surface area contributed by atoms with Gasteiger partial charge in [0.25, 0.3) is 11.5 Å². The molecule has 0 spiro atoms. The lowest BCUT2D eigenvalue weighted by atomic mass is 10.1. The van der Waals surface area contributed by atoms with Gasteiger partial charge in [-0.3, -0.25) is 14.0 Å². The summed E-state index contributed by atoms with van der Waals surface area (Å²) < 4.78 is 12.6. The highest BCUT2D eigenvalue weighted by molar-refractivity contribution is 6.02. The average Bonchev–Trinajstić information content (AvgIpc) is 3.32. The van der Waals surface area contributed by atoms with Gasteiger partial charge in [-0.05, 0) is 43.2 Å². The number of amides is 1. The Balaban J connectivity index is 1.81. The predicted molar refractivity (Wildman–Crippen MR) is 119 cm³/mol. The van der Waals surface area contributed by atoms with Crippen LogP contribution in [0.4, 0.5) is 0 Å². The minimum absolute atomic E-state index is 0.00210. The average molecular weight is 430 g/mol. The van der Waals surface area contributed by atoms with Gasteiger partial charge in [-0.15, -0.1) is 0 Å². The summed E-state index contributed by atoms with van der Waals surface area (Å²) in [6, 6.07) is 14.0. The molecular formula is C24H22N4O4. The molecule has 8 nitrogen and oxygen atoms in total. The van der Waals surface area contributed by atoms with Crippen LogP contribution in [0, 0.1) is 11.3 Å². The maximum atomic E-state index is 13.2. The summed E-state index contributed by atoms with van der Waals surface area (Å²) in [6.07, 6.45) is 6.66. The van der Waals surface area contributed by atoms with E-state index >= 15 is 0 Å². The van der Waals surface area contributed by atoms with Crippen LogP contribution in [0.25, 0.3) is 11.7 Å². The summed E-state index contributed by atoms with van der Waals surface area (Å²) in [5, 5.41) is 12.5. The first-order valence-electron chi connectivity index (χ1n) is 10.4. The second-order valence-electron chi connectivity index (χ2n) is 7.44. The Hall–Kier alpha value is -4.12. The molecule has 162 valence electrons. The third-order valence-electron chi connectivity index (χ3n) is 5.35.